The van der Waals surface area contributed by atoms with Crippen LogP contribution in [0.25, 0.3) is 22.5 Å². The molecule has 1 aromatic carbocycles. The van der Waals surface area contributed by atoms with Crippen molar-refractivity contribution in [1.29, 1.82) is 0 Å². The zero-order chi connectivity index (χ0) is 14.7. The van der Waals surface area contributed by atoms with Gasteiger partial charge in [-0.3, -0.25) is 4.98 Å². The van der Waals surface area contributed by atoms with Crippen molar-refractivity contribution in [3.05, 3.63) is 54.7 Å². The zero-order valence-corrected chi connectivity index (χ0v) is 11.5. The van der Waals surface area contributed by atoms with Crippen LogP contribution in [0.4, 0.5) is 5.95 Å². The van der Waals surface area contributed by atoms with Crippen LogP contribution in [0, 0.1) is 0 Å². The van der Waals surface area contributed by atoms with E-state index in [1.807, 2.05) is 42.5 Å². The highest BCUT2D eigenvalue weighted by molar-refractivity contribution is 5.80. The number of ether oxygens (including phenoxy) is 1. The van der Waals surface area contributed by atoms with Gasteiger partial charge in [0, 0.05) is 23.4 Å². The number of nitrogen functional groups attached to an aromatic ring is 1. The first-order valence-corrected chi connectivity index (χ1v) is 6.47. The molecule has 0 saturated heterocycles. The van der Waals surface area contributed by atoms with Crippen molar-refractivity contribution in [2.75, 3.05) is 12.8 Å². The van der Waals surface area contributed by atoms with Gasteiger partial charge in [-0.1, -0.05) is 30.3 Å². The quantitative estimate of drug-likeness (QED) is 0.797. The minimum absolute atomic E-state index is 0.181. The minimum atomic E-state index is 0.181. The maximum Gasteiger partial charge on any atom is 0.223 e. The molecular formula is C16H14N4O. The second-order valence-corrected chi connectivity index (χ2v) is 4.41. The van der Waals surface area contributed by atoms with Gasteiger partial charge in [-0.05, 0) is 12.1 Å². The molecule has 0 saturated carbocycles. The first kappa shape index (κ1) is 13.1. The highest BCUT2D eigenvalue weighted by Gasteiger charge is 2.11. The Balaban J connectivity index is 2.18. The summed E-state index contributed by atoms with van der Waals surface area (Å²) in [7, 11) is 1.55. The number of nitrogens with zero attached hydrogens (tertiary/aromatic N) is 3. The summed E-state index contributed by atoms with van der Waals surface area (Å²) in [6, 6.07) is 15.5. The number of rotatable bonds is 3. The summed E-state index contributed by atoms with van der Waals surface area (Å²) in [5.74, 6) is 0.619. The SMILES string of the molecule is COc1cc(-c2ccccc2-c2ccccn2)nc(N)n1. The molecule has 0 aliphatic carbocycles. The van der Waals surface area contributed by atoms with Crippen LogP contribution in [0.2, 0.25) is 0 Å². The van der Waals surface area contributed by atoms with Gasteiger partial charge in [-0.25, -0.2) is 4.98 Å². The van der Waals surface area contributed by atoms with E-state index in [9.17, 15) is 0 Å². The average molecular weight is 278 g/mol. The molecule has 2 heterocycles. The third kappa shape index (κ3) is 2.67. The third-order valence-electron chi connectivity index (χ3n) is 3.07. The Kier molecular flexibility index (Phi) is 3.47. The van der Waals surface area contributed by atoms with Crippen molar-refractivity contribution in [2.24, 2.45) is 0 Å². The molecule has 5 heteroatoms. The van der Waals surface area contributed by atoms with Gasteiger partial charge in [0.15, 0.2) is 0 Å². The van der Waals surface area contributed by atoms with E-state index in [4.69, 9.17) is 10.5 Å². The third-order valence-corrected chi connectivity index (χ3v) is 3.07. The van der Waals surface area contributed by atoms with Crippen LogP contribution in [-0.2, 0) is 0 Å². The standard InChI is InChI=1S/C16H14N4O/c1-21-15-10-14(19-16(17)20-15)12-7-3-2-6-11(12)13-8-4-5-9-18-13/h2-10H,1H3,(H2,17,19,20). The number of methoxy groups -OCH3 is 1. The highest BCUT2D eigenvalue weighted by Crippen LogP contribution is 2.31. The van der Waals surface area contributed by atoms with Gasteiger partial charge in [-0.15, -0.1) is 0 Å². The highest BCUT2D eigenvalue weighted by atomic mass is 16.5. The van der Waals surface area contributed by atoms with Crippen molar-refractivity contribution < 1.29 is 4.74 Å². The molecule has 0 aliphatic heterocycles. The lowest BCUT2D eigenvalue weighted by atomic mass is 10.0. The van der Waals surface area contributed by atoms with Crippen LogP contribution >= 0.6 is 0 Å². The number of pyridine rings is 1. The number of nitrogens with two attached hydrogens (primary N) is 1. The molecule has 2 aromatic heterocycles. The number of anilines is 1. The molecule has 0 atom stereocenters. The van der Waals surface area contributed by atoms with Gasteiger partial charge in [0.1, 0.15) is 0 Å². The topological polar surface area (TPSA) is 73.9 Å². The summed E-state index contributed by atoms with van der Waals surface area (Å²) in [6.07, 6.45) is 1.76. The van der Waals surface area contributed by atoms with Crippen molar-refractivity contribution >= 4 is 5.95 Å². The van der Waals surface area contributed by atoms with E-state index in [0.29, 0.717) is 11.6 Å². The summed E-state index contributed by atoms with van der Waals surface area (Å²) in [4.78, 5) is 12.7. The summed E-state index contributed by atoms with van der Waals surface area (Å²) < 4.78 is 5.16. The van der Waals surface area contributed by atoms with Gasteiger partial charge in [0.2, 0.25) is 11.8 Å². The molecule has 21 heavy (non-hydrogen) atoms. The lowest BCUT2D eigenvalue weighted by molar-refractivity contribution is 0.398. The summed E-state index contributed by atoms with van der Waals surface area (Å²) in [5.41, 5.74) is 9.25. The van der Waals surface area contributed by atoms with Gasteiger partial charge in [-0.2, -0.15) is 4.98 Å². The fourth-order valence-corrected chi connectivity index (χ4v) is 2.14. The van der Waals surface area contributed by atoms with E-state index in [0.717, 1.165) is 16.8 Å². The Labute approximate surface area is 122 Å². The van der Waals surface area contributed by atoms with E-state index in [2.05, 4.69) is 15.0 Å². The molecule has 5 nitrogen and oxygen atoms in total. The molecule has 104 valence electrons. The summed E-state index contributed by atoms with van der Waals surface area (Å²) in [6.45, 7) is 0. The van der Waals surface area contributed by atoms with Crippen LogP contribution in [0.15, 0.2) is 54.7 Å². The van der Waals surface area contributed by atoms with Gasteiger partial charge in [0.25, 0.3) is 0 Å². The molecular weight excluding hydrogens is 264 g/mol. The molecule has 0 amide bonds. The maximum atomic E-state index is 5.74. The van der Waals surface area contributed by atoms with Crippen molar-refractivity contribution in [1.82, 2.24) is 15.0 Å². The Morgan fingerprint density at radius 1 is 0.905 bits per heavy atom. The van der Waals surface area contributed by atoms with E-state index >= 15 is 0 Å². The molecule has 0 unspecified atom stereocenters. The summed E-state index contributed by atoms with van der Waals surface area (Å²) >= 11 is 0. The molecule has 0 aliphatic rings. The lowest BCUT2D eigenvalue weighted by Crippen LogP contribution is -2.00. The van der Waals surface area contributed by atoms with Crippen LogP contribution < -0.4 is 10.5 Å². The van der Waals surface area contributed by atoms with Crippen molar-refractivity contribution in [3.8, 4) is 28.4 Å². The maximum absolute atomic E-state index is 5.74. The predicted octanol–water partition coefficient (Wildman–Crippen LogP) is 2.80. The minimum Gasteiger partial charge on any atom is -0.481 e. The fourth-order valence-electron chi connectivity index (χ4n) is 2.14. The van der Waals surface area contributed by atoms with E-state index < -0.39 is 0 Å². The molecule has 0 bridgehead atoms. The number of hydrogen-bond donors (Lipinski definition) is 1. The Bertz CT molecular complexity index is 759. The van der Waals surface area contributed by atoms with Crippen LogP contribution in [0.3, 0.4) is 0 Å². The Hall–Kier alpha value is -2.95. The summed E-state index contributed by atoms with van der Waals surface area (Å²) in [5, 5.41) is 0. The number of hydrogen-bond acceptors (Lipinski definition) is 5. The van der Waals surface area contributed by atoms with Gasteiger partial charge >= 0.3 is 0 Å². The van der Waals surface area contributed by atoms with E-state index in [1.54, 1.807) is 19.4 Å². The molecule has 3 rings (SSSR count). The van der Waals surface area contributed by atoms with Crippen LogP contribution in [0.1, 0.15) is 0 Å². The van der Waals surface area contributed by atoms with Crippen molar-refractivity contribution in [3.63, 3.8) is 0 Å². The lowest BCUT2D eigenvalue weighted by Gasteiger charge is -2.10. The smallest absolute Gasteiger partial charge is 0.223 e. The van der Waals surface area contributed by atoms with Crippen LogP contribution in [-0.4, -0.2) is 22.1 Å². The van der Waals surface area contributed by atoms with Gasteiger partial charge in [0.05, 0.1) is 18.5 Å². The predicted molar refractivity (Wildman–Crippen MR) is 81.7 cm³/mol. The van der Waals surface area contributed by atoms with Gasteiger partial charge < -0.3 is 10.5 Å². The average Bonchev–Trinajstić information content (AvgIpc) is 2.55. The molecule has 3 aromatic rings. The normalized spacial score (nSPS) is 10.3. The Morgan fingerprint density at radius 3 is 2.29 bits per heavy atom. The first-order chi connectivity index (χ1) is 10.3. The zero-order valence-electron chi connectivity index (χ0n) is 11.5. The fraction of sp³-hybridized carbons (Fsp3) is 0.0625. The molecule has 0 spiro atoms. The number of benzene rings is 1. The van der Waals surface area contributed by atoms with Crippen LogP contribution in [0.5, 0.6) is 5.88 Å². The number of aromatic nitrogens is 3. The molecule has 0 fully saturated rings. The monoisotopic (exact) mass is 278 g/mol. The van der Waals surface area contributed by atoms with E-state index in [-0.39, 0.29) is 5.95 Å². The molecule has 2 N–H and O–H groups in total. The second kappa shape index (κ2) is 5.58. The second-order valence-electron chi connectivity index (χ2n) is 4.41. The molecule has 0 radical (unpaired) electrons. The van der Waals surface area contributed by atoms with Crippen molar-refractivity contribution in [2.45, 2.75) is 0 Å². The van der Waals surface area contributed by atoms with E-state index in [1.165, 1.54) is 0 Å². The largest absolute Gasteiger partial charge is 0.481 e. The first-order valence-electron chi connectivity index (χ1n) is 6.47. The Morgan fingerprint density at radius 2 is 1.62 bits per heavy atom.